The summed E-state index contributed by atoms with van der Waals surface area (Å²) in [7, 11) is 0. The van der Waals surface area contributed by atoms with Gasteiger partial charge in [-0.2, -0.15) is 0 Å². The average molecular weight is 437 g/mol. The number of rotatable bonds is 18. The van der Waals surface area contributed by atoms with E-state index in [4.69, 9.17) is 4.52 Å². The molecule has 0 saturated carbocycles. The van der Waals surface area contributed by atoms with Crippen LogP contribution in [0.25, 0.3) is 0 Å². The zero-order valence-electron chi connectivity index (χ0n) is 20.5. The molecule has 0 bridgehead atoms. The SMILES string of the molecule is CCCCCCCCP(CCCC)(CCCC)(CCCC)OC(=O)c1ccccc1. The summed E-state index contributed by atoms with van der Waals surface area (Å²) in [5.74, 6) is -0.0671. The van der Waals surface area contributed by atoms with Crippen molar-refractivity contribution in [1.82, 2.24) is 0 Å². The van der Waals surface area contributed by atoms with Crippen molar-refractivity contribution in [3.8, 4) is 0 Å². The number of carbonyl (C=O) groups excluding carboxylic acids is 1. The standard InChI is InChI=1S/C27H49O2P/c1-5-9-13-14-15-19-25-30(22-10-6-2,23-11-7-3,24-12-8-4)29-27(28)26-20-17-16-18-21-26/h16-18,20-21H,5-15,19,22-25H2,1-4H3. The van der Waals surface area contributed by atoms with Gasteiger partial charge in [0.25, 0.3) is 0 Å². The van der Waals surface area contributed by atoms with E-state index in [1.54, 1.807) is 0 Å². The van der Waals surface area contributed by atoms with Crippen molar-refractivity contribution in [2.24, 2.45) is 0 Å². The quantitative estimate of drug-likeness (QED) is 0.169. The first-order valence-electron chi connectivity index (χ1n) is 12.8. The minimum absolute atomic E-state index is 0.0671. The van der Waals surface area contributed by atoms with Crippen LogP contribution in [0.3, 0.4) is 0 Å². The Morgan fingerprint density at radius 1 is 0.633 bits per heavy atom. The summed E-state index contributed by atoms with van der Waals surface area (Å²) in [6, 6.07) is 9.70. The molecular formula is C27H49O2P. The molecule has 0 heterocycles. The van der Waals surface area contributed by atoms with Crippen LogP contribution in [0.5, 0.6) is 0 Å². The summed E-state index contributed by atoms with van der Waals surface area (Å²) >= 11 is 0. The summed E-state index contributed by atoms with van der Waals surface area (Å²) in [6.45, 7) is 6.52. The van der Waals surface area contributed by atoms with Gasteiger partial charge in [0.15, 0.2) is 0 Å². The molecule has 174 valence electrons. The molecule has 0 N–H and O–H groups in total. The first kappa shape index (κ1) is 27.2. The van der Waals surface area contributed by atoms with Crippen LogP contribution in [-0.2, 0) is 4.52 Å². The Labute approximate surface area is 187 Å². The number of hydrogen-bond acceptors (Lipinski definition) is 2. The molecule has 0 aromatic heterocycles. The number of benzene rings is 1. The zero-order valence-corrected chi connectivity index (χ0v) is 21.4. The van der Waals surface area contributed by atoms with E-state index in [1.807, 2.05) is 30.3 Å². The number of unbranched alkanes of at least 4 members (excludes halogenated alkanes) is 8. The van der Waals surface area contributed by atoms with E-state index in [2.05, 4.69) is 27.7 Å². The third-order valence-corrected chi connectivity index (χ3v) is 13.1. The molecular weight excluding hydrogens is 387 g/mol. The Balaban J connectivity index is 3.16. The third kappa shape index (κ3) is 9.09. The topological polar surface area (TPSA) is 26.3 Å². The predicted molar refractivity (Wildman–Crippen MR) is 136 cm³/mol. The number of hydrogen-bond donors (Lipinski definition) is 0. The van der Waals surface area contributed by atoms with Crippen molar-refractivity contribution in [3.05, 3.63) is 35.9 Å². The van der Waals surface area contributed by atoms with Crippen molar-refractivity contribution in [1.29, 1.82) is 0 Å². The van der Waals surface area contributed by atoms with Crippen LogP contribution < -0.4 is 0 Å². The van der Waals surface area contributed by atoms with Crippen molar-refractivity contribution in [2.45, 2.75) is 105 Å². The Morgan fingerprint density at radius 2 is 1.07 bits per heavy atom. The first-order chi connectivity index (χ1) is 14.5. The molecule has 1 aromatic rings. The first-order valence-corrected chi connectivity index (χ1v) is 15.7. The maximum absolute atomic E-state index is 13.3. The molecule has 0 fully saturated rings. The predicted octanol–water partition coefficient (Wildman–Crippen LogP) is 9.07. The van der Waals surface area contributed by atoms with Crippen LogP contribution in [0.1, 0.15) is 115 Å². The molecule has 3 heteroatoms. The summed E-state index contributed by atoms with van der Waals surface area (Å²) in [5.41, 5.74) is 0.721. The summed E-state index contributed by atoms with van der Waals surface area (Å²) in [4.78, 5) is 13.3. The van der Waals surface area contributed by atoms with Gasteiger partial charge in [0, 0.05) is 0 Å². The van der Waals surface area contributed by atoms with E-state index in [0.29, 0.717) is 0 Å². The second-order valence-corrected chi connectivity index (χ2v) is 15.0. The molecule has 1 rings (SSSR count). The summed E-state index contributed by atoms with van der Waals surface area (Å²) < 4.78 is 6.84. The van der Waals surface area contributed by atoms with Crippen LogP contribution in [-0.4, -0.2) is 30.6 Å². The van der Waals surface area contributed by atoms with E-state index in [-0.39, 0.29) is 5.97 Å². The van der Waals surface area contributed by atoms with Gasteiger partial charge in [0.1, 0.15) is 0 Å². The van der Waals surface area contributed by atoms with Crippen molar-refractivity contribution >= 4 is 12.8 Å². The zero-order chi connectivity index (χ0) is 22.2. The normalized spacial score (nSPS) is 13.0. The molecule has 0 aliphatic carbocycles. The Kier molecular flexibility index (Phi) is 13.6. The van der Waals surface area contributed by atoms with Gasteiger partial charge in [-0.3, -0.25) is 0 Å². The second-order valence-electron chi connectivity index (χ2n) is 9.33. The molecule has 0 unspecified atom stereocenters. The van der Waals surface area contributed by atoms with Crippen LogP contribution >= 0.6 is 6.83 Å². The fraction of sp³-hybridized carbons (Fsp3) is 0.741. The van der Waals surface area contributed by atoms with Gasteiger partial charge in [-0.1, -0.05) is 0 Å². The van der Waals surface area contributed by atoms with E-state index in [9.17, 15) is 4.79 Å². The molecule has 0 atom stereocenters. The van der Waals surface area contributed by atoms with E-state index >= 15 is 0 Å². The monoisotopic (exact) mass is 436 g/mol. The summed E-state index contributed by atoms with van der Waals surface area (Å²) in [6.07, 6.45) is 19.4. The number of carbonyl (C=O) groups is 1. The van der Waals surface area contributed by atoms with Gasteiger partial charge < -0.3 is 0 Å². The van der Waals surface area contributed by atoms with Gasteiger partial charge >= 0.3 is 187 Å². The molecule has 0 aliphatic heterocycles. The second kappa shape index (κ2) is 15.0. The molecule has 0 saturated heterocycles. The molecule has 1 aromatic carbocycles. The molecule has 2 nitrogen and oxygen atoms in total. The van der Waals surface area contributed by atoms with E-state index < -0.39 is 6.83 Å². The maximum atomic E-state index is 13.3. The third-order valence-electron chi connectivity index (χ3n) is 6.66. The fourth-order valence-electron chi connectivity index (χ4n) is 4.68. The van der Waals surface area contributed by atoms with Crippen LogP contribution in [0.4, 0.5) is 0 Å². The Hall–Kier alpha value is -0.880. The summed E-state index contributed by atoms with van der Waals surface area (Å²) in [5, 5.41) is 0. The molecule has 0 aliphatic rings. The van der Waals surface area contributed by atoms with Crippen LogP contribution in [0.15, 0.2) is 30.3 Å². The van der Waals surface area contributed by atoms with Gasteiger partial charge in [0.05, 0.1) is 0 Å². The van der Waals surface area contributed by atoms with Crippen LogP contribution in [0, 0.1) is 0 Å². The van der Waals surface area contributed by atoms with Crippen LogP contribution in [0.2, 0.25) is 0 Å². The van der Waals surface area contributed by atoms with E-state index in [0.717, 1.165) is 30.2 Å². The average Bonchev–Trinajstić information content (AvgIpc) is 2.78. The van der Waals surface area contributed by atoms with Gasteiger partial charge in [-0.05, 0) is 0 Å². The molecule has 30 heavy (non-hydrogen) atoms. The minimum atomic E-state index is -2.57. The van der Waals surface area contributed by atoms with Crippen molar-refractivity contribution in [3.63, 3.8) is 0 Å². The van der Waals surface area contributed by atoms with Crippen molar-refractivity contribution in [2.75, 3.05) is 24.6 Å². The van der Waals surface area contributed by atoms with Gasteiger partial charge in [-0.25, -0.2) is 0 Å². The Morgan fingerprint density at radius 3 is 1.57 bits per heavy atom. The van der Waals surface area contributed by atoms with Gasteiger partial charge in [-0.15, -0.1) is 0 Å². The molecule has 0 amide bonds. The van der Waals surface area contributed by atoms with E-state index in [1.165, 1.54) is 77.0 Å². The fourth-order valence-corrected chi connectivity index (χ4v) is 11.3. The van der Waals surface area contributed by atoms with Gasteiger partial charge in [0.2, 0.25) is 0 Å². The van der Waals surface area contributed by atoms with Crippen molar-refractivity contribution < 1.29 is 9.32 Å². The Bertz CT molecular complexity index is 545. The molecule has 0 spiro atoms. The molecule has 0 radical (unpaired) electrons.